The zero-order chi connectivity index (χ0) is 18.8. The number of hydrogen-bond donors (Lipinski definition) is 0. The fraction of sp³-hybridized carbons (Fsp3) is 0.333. The van der Waals surface area contributed by atoms with Crippen LogP contribution in [0.5, 0.6) is 0 Å². The van der Waals surface area contributed by atoms with Crippen molar-refractivity contribution in [1.29, 1.82) is 0 Å². The minimum Gasteiger partial charge on any atom is -0.466 e. The number of methoxy groups -OCH3 is 1. The molecule has 0 saturated carbocycles. The molecule has 0 N–H and O–H groups in total. The average molecular weight is 359 g/mol. The largest absolute Gasteiger partial charge is 0.466 e. The van der Waals surface area contributed by atoms with Gasteiger partial charge in [-0.2, -0.15) is 0 Å². The standard InChI is InChI=1S/C18H17NO7/c1-10(17(22)24-2)25-18(23)12-7-8-15(20)19(12)13-9-16(21)26-14-6-4-3-5-11(13)14/h3-6,9-10,12H,7-8H2,1-2H3/t10-,12-/m0/s1. The smallest absolute Gasteiger partial charge is 0.346 e. The fourth-order valence-corrected chi connectivity index (χ4v) is 2.97. The number of fused-ring (bicyclic) bond motifs is 1. The Morgan fingerprint density at radius 1 is 1.27 bits per heavy atom. The monoisotopic (exact) mass is 359 g/mol. The number of carbonyl (C=O) groups is 3. The molecule has 1 saturated heterocycles. The molecule has 1 fully saturated rings. The van der Waals surface area contributed by atoms with E-state index in [-0.39, 0.29) is 24.4 Å². The van der Waals surface area contributed by atoms with Gasteiger partial charge in [0.1, 0.15) is 11.6 Å². The van der Waals surface area contributed by atoms with Crippen LogP contribution in [0.1, 0.15) is 19.8 Å². The molecule has 2 heterocycles. The first-order chi connectivity index (χ1) is 12.4. The Kier molecular flexibility index (Phi) is 4.75. The highest BCUT2D eigenvalue weighted by molar-refractivity contribution is 6.08. The molecule has 1 aliphatic heterocycles. The number of benzene rings is 1. The molecule has 26 heavy (non-hydrogen) atoms. The lowest BCUT2D eigenvalue weighted by atomic mass is 10.1. The first kappa shape index (κ1) is 17.7. The van der Waals surface area contributed by atoms with E-state index < -0.39 is 29.7 Å². The van der Waals surface area contributed by atoms with Crippen molar-refractivity contribution >= 4 is 34.5 Å². The lowest BCUT2D eigenvalue weighted by Gasteiger charge is -2.25. The van der Waals surface area contributed by atoms with Crippen molar-refractivity contribution in [3.05, 3.63) is 40.8 Å². The van der Waals surface area contributed by atoms with Crippen molar-refractivity contribution in [2.75, 3.05) is 12.0 Å². The van der Waals surface area contributed by atoms with Crippen LogP contribution in [0.3, 0.4) is 0 Å². The van der Waals surface area contributed by atoms with Crippen molar-refractivity contribution in [2.45, 2.75) is 31.9 Å². The Labute approximate surface area is 148 Å². The van der Waals surface area contributed by atoms with Gasteiger partial charge in [0.15, 0.2) is 6.10 Å². The minimum absolute atomic E-state index is 0.126. The number of ether oxygens (including phenoxy) is 2. The summed E-state index contributed by atoms with van der Waals surface area (Å²) >= 11 is 0. The van der Waals surface area contributed by atoms with Gasteiger partial charge in [-0.1, -0.05) is 12.1 Å². The molecule has 0 unspecified atom stereocenters. The SMILES string of the molecule is COC(=O)[C@H](C)OC(=O)[C@@H]1CCC(=O)N1c1cc(=O)oc2ccccc12. The topological polar surface area (TPSA) is 103 Å². The number of hydrogen-bond acceptors (Lipinski definition) is 7. The maximum atomic E-state index is 12.5. The third kappa shape index (κ3) is 3.17. The normalized spacial score (nSPS) is 18.0. The Balaban J connectivity index is 1.98. The fourth-order valence-electron chi connectivity index (χ4n) is 2.97. The second kappa shape index (κ2) is 6.99. The summed E-state index contributed by atoms with van der Waals surface area (Å²) in [5, 5.41) is 0.529. The maximum Gasteiger partial charge on any atom is 0.346 e. The van der Waals surface area contributed by atoms with Gasteiger partial charge in [0.05, 0.1) is 12.8 Å². The van der Waals surface area contributed by atoms with E-state index in [1.54, 1.807) is 24.3 Å². The van der Waals surface area contributed by atoms with Gasteiger partial charge in [-0.3, -0.25) is 9.69 Å². The minimum atomic E-state index is -1.09. The first-order valence-electron chi connectivity index (χ1n) is 8.05. The van der Waals surface area contributed by atoms with E-state index in [4.69, 9.17) is 9.15 Å². The summed E-state index contributed by atoms with van der Waals surface area (Å²) in [5.41, 5.74) is -0.0368. The number of nitrogens with zero attached hydrogens (tertiary/aromatic N) is 1. The Hall–Kier alpha value is -3.16. The number of anilines is 1. The molecule has 0 spiro atoms. The molecule has 0 bridgehead atoms. The van der Waals surface area contributed by atoms with Crippen LogP contribution in [0.25, 0.3) is 11.0 Å². The Morgan fingerprint density at radius 2 is 2.00 bits per heavy atom. The molecule has 8 heteroatoms. The van der Waals surface area contributed by atoms with E-state index in [0.717, 1.165) is 0 Å². The second-order valence-corrected chi connectivity index (χ2v) is 5.87. The van der Waals surface area contributed by atoms with Crippen LogP contribution in [0.15, 0.2) is 39.5 Å². The van der Waals surface area contributed by atoms with Crippen LogP contribution >= 0.6 is 0 Å². The van der Waals surface area contributed by atoms with Crippen molar-refractivity contribution < 1.29 is 28.3 Å². The molecule has 1 aromatic heterocycles. The molecule has 1 amide bonds. The van der Waals surface area contributed by atoms with Crippen LogP contribution in [-0.2, 0) is 23.9 Å². The number of rotatable bonds is 4. The van der Waals surface area contributed by atoms with Crippen LogP contribution in [0, 0.1) is 0 Å². The van der Waals surface area contributed by atoms with E-state index in [9.17, 15) is 19.2 Å². The number of esters is 2. The third-order valence-corrected chi connectivity index (χ3v) is 4.20. The van der Waals surface area contributed by atoms with Gasteiger partial charge in [-0.15, -0.1) is 0 Å². The average Bonchev–Trinajstić information content (AvgIpc) is 3.01. The molecule has 3 rings (SSSR count). The molecule has 136 valence electrons. The van der Waals surface area contributed by atoms with Crippen LogP contribution in [0.2, 0.25) is 0 Å². The van der Waals surface area contributed by atoms with Crippen molar-refractivity contribution in [3.8, 4) is 0 Å². The summed E-state index contributed by atoms with van der Waals surface area (Å²) in [6.45, 7) is 1.39. The zero-order valence-electron chi connectivity index (χ0n) is 14.3. The van der Waals surface area contributed by atoms with E-state index in [1.165, 1.54) is 25.0 Å². The third-order valence-electron chi connectivity index (χ3n) is 4.20. The van der Waals surface area contributed by atoms with Gasteiger partial charge in [-0.05, 0) is 25.5 Å². The number of amides is 1. The van der Waals surface area contributed by atoms with Crippen molar-refractivity contribution in [2.24, 2.45) is 0 Å². The number of carbonyl (C=O) groups excluding carboxylic acids is 3. The van der Waals surface area contributed by atoms with Gasteiger partial charge >= 0.3 is 17.6 Å². The molecule has 1 aliphatic rings. The Morgan fingerprint density at radius 3 is 2.73 bits per heavy atom. The molecule has 1 aromatic carbocycles. The van der Waals surface area contributed by atoms with Crippen LogP contribution < -0.4 is 10.5 Å². The highest BCUT2D eigenvalue weighted by Crippen LogP contribution is 2.32. The summed E-state index contributed by atoms with van der Waals surface area (Å²) in [4.78, 5) is 49.5. The van der Waals surface area contributed by atoms with E-state index in [0.29, 0.717) is 11.0 Å². The van der Waals surface area contributed by atoms with Crippen LogP contribution in [-0.4, -0.2) is 37.1 Å². The van der Waals surface area contributed by atoms with E-state index in [2.05, 4.69) is 4.74 Å². The predicted molar refractivity (Wildman–Crippen MR) is 90.6 cm³/mol. The number of para-hydroxylation sites is 1. The lowest BCUT2D eigenvalue weighted by Crippen LogP contribution is -2.42. The summed E-state index contributed by atoms with van der Waals surface area (Å²) < 4.78 is 14.8. The summed E-state index contributed by atoms with van der Waals surface area (Å²) in [6.07, 6.45) is -0.747. The highest BCUT2D eigenvalue weighted by Gasteiger charge is 2.40. The van der Waals surface area contributed by atoms with E-state index in [1.807, 2.05) is 0 Å². The van der Waals surface area contributed by atoms with Gasteiger partial charge in [0.2, 0.25) is 5.91 Å². The Bertz CT molecular complexity index is 933. The molecular weight excluding hydrogens is 342 g/mol. The van der Waals surface area contributed by atoms with Crippen molar-refractivity contribution in [1.82, 2.24) is 0 Å². The zero-order valence-corrected chi connectivity index (χ0v) is 14.3. The summed E-state index contributed by atoms with van der Waals surface area (Å²) in [7, 11) is 1.19. The van der Waals surface area contributed by atoms with Gasteiger partial charge in [-0.25, -0.2) is 14.4 Å². The second-order valence-electron chi connectivity index (χ2n) is 5.87. The highest BCUT2D eigenvalue weighted by atomic mass is 16.6. The predicted octanol–water partition coefficient (Wildman–Crippen LogP) is 1.39. The summed E-state index contributed by atoms with van der Waals surface area (Å²) in [5.74, 6) is -1.74. The van der Waals surface area contributed by atoms with Gasteiger partial charge in [0, 0.05) is 17.9 Å². The van der Waals surface area contributed by atoms with Gasteiger partial charge in [0.25, 0.3) is 0 Å². The molecule has 8 nitrogen and oxygen atoms in total. The molecule has 0 aliphatic carbocycles. The van der Waals surface area contributed by atoms with Crippen molar-refractivity contribution in [3.63, 3.8) is 0 Å². The molecule has 2 aromatic rings. The maximum absolute atomic E-state index is 12.5. The lowest BCUT2D eigenvalue weighted by molar-refractivity contribution is -0.165. The molecule has 2 atom stereocenters. The molecule has 0 radical (unpaired) electrons. The van der Waals surface area contributed by atoms with Crippen LogP contribution in [0.4, 0.5) is 5.69 Å². The molecular formula is C18H17NO7. The quantitative estimate of drug-likeness (QED) is 0.600. The van der Waals surface area contributed by atoms with Gasteiger partial charge < -0.3 is 13.9 Å². The first-order valence-corrected chi connectivity index (χ1v) is 8.05. The summed E-state index contributed by atoms with van der Waals surface area (Å²) in [6, 6.07) is 6.98. The van der Waals surface area contributed by atoms with E-state index >= 15 is 0 Å².